The van der Waals surface area contributed by atoms with E-state index in [1.807, 2.05) is 49.4 Å². The maximum Gasteiger partial charge on any atom is 0.196 e. The number of hydrogen-bond acceptors (Lipinski definition) is 2. The normalized spacial score (nSPS) is 10.8. The average molecular weight is 315 g/mol. The van der Waals surface area contributed by atoms with Gasteiger partial charge in [-0.1, -0.05) is 22.0 Å². The molecule has 0 atom stereocenters. The Kier molecular flexibility index (Phi) is 2.95. The number of rotatable bonds is 2. The molecule has 1 aromatic carbocycles. The second-order valence-corrected chi connectivity index (χ2v) is 5.27. The van der Waals surface area contributed by atoms with Gasteiger partial charge in [-0.2, -0.15) is 5.10 Å². The third kappa shape index (κ3) is 2.08. The van der Waals surface area contributed by atoms with Gasteiger partial charge in [0, 0.05) is 15.7 Å². The van der Waals surface area contributed by atoms with Crippen molar-refractivity contribution in [2.45, 2.75) is 6.92 Å². The summed E-state index contributed by atoms with van der Waals surface area (Å²) in [6.07, 6.45) is 1.63. The highest BCUT2D eigenvalue weighted by Gasteiger charge is 2.15. The summed E-state index contributed by atoms with van der Waals surface area (Å²) in [6.45, 7) is 1.97. The largest absolute Gasteiger partial charge is 0.288 e. The van der Waals surface area contributed by atoms with Crippen LogP contribution in [-0.4, -0.2) is 15.4 Å². The van der Waals surface area contributed by atoms with E-state index in [2.05, 4.69) is 21.0 Å². The van der Waals surface area contributed by atoms with Crippen molar-refractivity contribution in [1.29, 1.82) is 0 Å². The highest BCUT2D eigenvalue weighted by molar-refractivity contribution is 9.10. The van der Waals surface area contributed by atoms with Crippen LogP contribution in [0.3, 0.4) is 0 Å². The van der Waals surface area contributed by atoms with E-state index < -0.39 is 0 Å². The number of halogens is 1. The first-order chi connectivity index (χ1) is 9.16. The molecular formula is C15H11BrN2O. The summed E-state index contributed by atoms with van der Waals surface area (Å²) >= 11 is 3.36. The smallest absolute Gasteiger partial charge is 0.196 e. The predicted molar refractivity (Wildman–Crippen MR) is 77.5 cm³/mol. The topological polar surface area (TPSA) is 34.4 Å². The number of hydrogen-bond donors (Lipinski definition) is 0. The summed E-state index contributed by atoms with van der Waals surface area (Å²) < 4.78 is 2.74. The van der Waals surface area contributed by atoms with Crippen LogP contribution in [-0.2, 0) is 0 Å². The Hall–Kier alpha value is -1.94. The minimum atomic E-state index is -0.00639. The van der Waals surface area contributed by atoms with Crippen LogP contribution in [0, 0.1) is 6.92 Å². The SMILES string of the molecule is Cc1cccc2c(C(=O)c3ccc(Br)cc3)cnn12. The number of aromatic nitrogens is 2. The van der Waals surface area contributed by atoms with Crippen molar-refractivity contribution in [3.63, 3.8) is 0 Å². The van der Waals surface area contributed by atoms with Crippen LogP contribution in [0.2, 0.25) is 0 Å². The van der Waals surface area contributed by atoms with Crippen LogP contribution in [0.15, 0.2) is 53.1 Å². The highest BCUT2D eigenvalue weighted by Crippen LogP contribution is 2.18. The molecule has 0 bridgehead atoms. The molecular weight excluding hydrogens is 304 g/mol. The van der Waals surface area contributed by atoms with Gasteiger partial charge in [0.05, 0.1) is 17.3 Å². The molecule has 3 nitrogen and oxygen atoms in total. The van der Waals surface area contributed by atoms with Gasteiger partial charge in [0.15, 0.2) is 5.78 Å². The van der Waals surface area contributed by atoms with Gasteiger partial charge >= 0.3 is 0 Å². The molecule has 0 radical (unpaired) electrons. The molecule has 0 N–H and O–H groups in total. The zero-order valence-corrected chi connectivity index (χ0v) is 11.9. The Labute approximate surface area is 119 Å². The van der Waals surface area contributed by atoms with Gasteiger partial charge < -0.3 is 0 Å². The molecule has 19 heavy (non-hydrogen) atoms. The fraction of sp³-hybridized carbons (Fsp3) is 0.0667. The first kappa shape index (κ1) is 12.1. The van der Waals surface area contributed by atoms with Crippen molar-refractivity contribution in [3.05, 3.63) is 70.0 Å². The summed E-state index contributed by atoms with van der Waals surface area (Å²) in [5.41, 5.74) is 3.14. The van der Waals surface area contributed by atoms with Gasteiger partial charge in [-0.05, 0) is 43.3 Å². The van der Waals surface area contributed by atoms with Crippen LogP contribution in [0.5, 0.6) is 0 Å². The van der Waals surface area contributed by atoms with Crippen molar-refractivity contribution in [1.82, 2.24) is 9.61 Å². The zero-order chi connectivity index (χ0) is 13.4. The van der Waals surface area contributed by atoms with E-state index in [1.54, 1.807) is 10.7 Å². The number of pyridine rings is 1. The Morgan fingerprint density at radius 2 is 1.89 bits per heavy atom. The predicted octanol–water partition coefficient (Wildman–Crippen LogP) is 3.64. The molecule has 0 aliphatic rings. The Balaban J connectivity index is 2.12. The molecule has 4 heteroatoms. The summed E-state index contributed by atoms with van der Waals surface area (Å²) in [5, 5.41) is 4.27. The number of nitrogens with zero attached hydrogens (tertiary/aromatic N) is 2. The summed E-state index contributed by atoms with van der Waals surface area (Å²) in [6, 6.07) is 13.2. The van der Waals surface area contributed by atoms with E-state index in [0.717, 1.165) is 15.7 Å². The van der Waals surface area contributed by atoms with Crippen LogP contribution in [0.4, 0.5) is 0 Å². The van der Waals surface area contributed by atoms with E-state index in [9.17, 15) is 4.79 Å². The molecule has 0 aliphatic carbocycles. The van der Waals surface area contributed by atoms with Crippen LogP contribution < -0.4 is 0 Å². The highest BCUT2D eigenvalue weighted by atomic mass is 79.9. The van der Waals surface area contributed by atoms with Crippen LogP contribution >= 0.6 is 15.9 Å². The summed E-state index contributed by atoms with van der Waals surface area (Å²) in [5.74, 6) is -0.00639. The summed E-state index contributed by atoms with van der Waals surface area (Å²) in [4.78, 5) is 12.5. The van der Waals surface area contributed by atoms with Crippen molar-refractivity contribution in [2.75, 3.05) is 0 Å². The molecule has 2 heterocycles. The van der Waals surface area contributed by atoms with Gasteiger partial charge in [0.25, 0.3) is 0 Å². The molecule has 0 unspecified atom stereocenters. The Bertz CT molecular complexity index is 759. The summed E-state index contributed by atoms with van der Waals surface area (Å²) in [7, 11) is 0. The minimum Gasteiger partial charge on any atom is -0.288 e. The molecule has 2 aromatic heterocycles. The Morgan fingerprint density at radius 3 is 2.63 bits per heavy atom. The van der Waals surface area contributed by atoms with Gasteiger partial charge in [-0.25, -0.2) is 4.52 Å². The van der Waals surface area contributed by atoms with Crippen LogP contribution in [0.1, 0.15) is 21.6 Å². The molecule has 3 aromatic rings. The lowest BCUT2D eigenvalue weighted by molar-refractivity contribution is 0.104. The number of carbonyl (C=O) groups excluding carboxylic acids is 1. The minimum absolute atomic E-state index is 0.00639. The van der Waals surface area contributed by atoms with Crippen molar-refractivity contribution < 1.29 is 4.79 Å². The first-order valence-electron chi connectivity index (χ1n) is 5.90. The second kappa shape index (κ2) is 4.63. The third-order valence-corrected chi connectivity index (χ3v) is 3.61. The second-order valence-electron chi connectivity index (χ2n) is 4.36. The molecule has 0 spiro atoms. The van der Waals surface area contributed by atoms with Gasteiger partial charge in [0.2, 0.25) is 0 Å². The maximum absolute atomic E-state index is 12.5. The van der Waals surface area contributed by atoms with E-state index in [1.165, 1.54) is 0 Å². The number of carbonyl (C=O) groups is 1. The fourth-order valence-corrected chi connectivity index (χ4v) is 2.34. The quantitative estimate of drug-likeness (QED) is 0.677. The molecule has 0 saturated carbocycles. The molecule has 0 amide bonds. The van der Waals surface area contributed by atoms with Crippen molar-refractivity contribution in [2.24, 2.45) is 0 Å². The van der Waals surface area contributed by atoms with Gasteiger partial charge in [-0.3, -0.25) is 4.79 Å². The number of benzene rings is 1. The lowest BCUT2D eigenvalue weighted by Crippen LogP contribution is -2.01. The van der Waals surface area contributed by atoms with E-state index in [4.69, 9.17) is 0 Å². The van der Waals surface area contributed by atoms with E-state index >= 15 is 0 Å². The van der Waals surface area contributed by atoms with Crippen molar-refractivity contribution in [3.8, 4) is 0 Å². The third-order valence-electron chi connectivity index (χ3n) is 3.08. The standard InChI is InChI=1S/C15H11BrN2O/c1-10-3-2-4-14-13(9-17-18(10)14)15(19)11-5-7-12(16)8-6-11/h2-9H,1H3. The lowest BCUT2D eigenvalue weighted by atomic mass is 10.0. The lowest BCUT2D eigenvalue weighted by Gasteiger charge is -2.01. The van der Waals surface area contributed by atoms with Crippen molar-refractivity contribution >= 4 is 27.2 Å². The Morgan fingerprint density at radius 1 is 1.16 bits per heavy atom. The maximum atomic E-state index is 12.5. The fourth-order valence-electron chi connectivity index (χ4n) is 2.08. The molecule has 3 rings (SSSR count). The number of ketones is 1. The number of fused-ring (bicyclic) bond motifs is 1. The molecule has 0 saturated heterocycles. The zero-order valence-electron chi connectivity index (χ0n) is 10.3. The van der Waals surface area contributed by atoms with E-state index in [-0.39, 0.29) is 5.78 Å². The molecule has 0 fully saturated rings. The molecule has 94 valence electrons. The van der Waals surface area contributed by atoms with Crippen LogP contribution in [0.25, 0.3) is 5.52 Å². The van der Waals surface area contributed by atoms with E-state index in [0.29, 0.717) is 11.1 Å². The van der Waals surface area contributed by atoms with Gasteiger partial charge in [-0.15, -0.1) is 0 Å². The first-order valence-corrected chi connectivity index (χ1v) is 6.70. The van der Waals surface area contributed by atoms with Gasteiger partial charge in [0.1, 0.15) is 0 Å². The molecule has 0 aliphatic heterocycles. The average Bonchev–Trinajstić information content (AvgIpc) is 2.84. The monoisotopic (exact) mass is 314 g/mol. The number of aryl methyl sites for hydroxylation is 1.